The van der Waals surface area contributed by atoms with Crippen LogP contribution in [0.1, 0.15) is 25.3 Å². The van der Waals surface area contributed by atoms with Crippen molar-refractivity contribution in [2.75, 3.05) is 11.5 Å². The van der Waals surface area contributed by atoms with Gasteiger partial charge in [0.25, 0.3) is 0 Å². The minimum atomic E-state index is 0.243. The molecule has 1 aromatic heterocycles. The van der Waals surface area contributed by atoms with Gasteiger partial charge in [-0.05, 0) is 12.8 Å². The second kappa shape index (κ2) is 3.90. The standard InChI is InChI=1S/C8H14N4/c1-2-3-4-6-5-11-8(10)12-7(6)9/h5H,2-4H2,1H3,(H4,9,10,11,12). The Morgan fingerprint density at radius 1 is 1.42 bits per heavy atom. The third-order valence-corrected chi connectivity index (χ3v) is 1.72. The number of hydrogen-bond donors (Lipinski definition) is 2. The molecule has 4 N–H and O–H groups in total. The number of hydrogen-bond acceptors (Lipinski definition) is 4. The lowest BCUT2D eigenvalue weighted by molar-refractivity contribution is 0.790. The Labute approximate surface area is 72.0 Å². The third-order valence-electron chi connectivity index (χ3n) is 1.72. The van der Waals surface area contributed by atoms with E-state index in [0.717, 1.165) is 24.8 Å². The topological polar surface area (TPSA) is 77.8 Å². The quantitative estimate of drug-likeness (QED) is 0.701. The summed E-state index contributed by atoms with van der Waals surface area (Å²) >= 11 is 0. The number of aryl methyl sites for hydroxylation is 1. The molecule has 1 rings (SSSR count). The number of nitrogens with two attached hydrogens (primary N) is 2. The van der Waals surface area contributed by atoms with Crippen LogP contribution in [0.15, 0.2) is 6.20 Å². The van der Waals surface area contributed by atoms with Crippen LogP contribution >= 0.6 is 0 Å². The normalized spacial score (nSPS) is 10.1. The lowest BCUT2D eigenvalue weighted by atomic mass is 10.1. The van der Waals surface area contributed by atoms with E-state index in [1.165, 1.54) is 0 Å². The largest absolute Gasteiger partial charge is 0.383 e. The molecule has 0 spiro atoms. The van der Waals surface area contributed by atoms with Crippen molar-refractivity contribution >= 4 is 11.8 Å². The van der Waals surface area contributed by atoms with E-state index in [0.29, 0.717) is 5.82 Å². The van der Waals surface area contributed by atoms with Crippen LogP contribution in [0.3, 0.4) is 0 Å². The summed E-state index contributed by atoms with van der Waals surface area (Å²) in [5.74, 6) is 0.753. The van der Waals surface area contributed by atoms with E-state index in [4.69, 9.17) is 11.5 Å². The SMILES string of the molecule is CCCCc1cnc(N)nc1N. The van der Waals surface area contributed by atoms with E-state index in [9.17, 15) is 0 Å². The number of anilines is 2. The van der Waals surface area contributed by atoms with E-state index in [1.54, 1.807) is 6.20 Å². The summed E-state index contributed by atoms with van der Waals surface area (Å²) in [5.41, 5.74) is 12.0. The fraction of sp³-hybridized carbons (Fsp3) is 0.500. The summed E-state index contributed by atoms with van der Waals surface area (Å²) in [6.07, 6.45) is 4.89. The summed E-state index contributed by atoms with van der Waals surface area (Å²) < 4.78 is 0. The molecule has 1 aromatic rings. The van der Waals surface area contributed by atoms with Gasteiger partial charge in [0.1, 0.15) is 5.82 Å². The summed E-state index contributed by atoms with van der Waals surface area (Å²) in [6, 6.07) is 0. The minimum absolute atomic E-state index is 0.243. The second-order valence-corrected chi connectivity index (χ2v) is 2.74. The van der Waals surface area contributed by atoms with E-state index in [1.807, 2.05) is 0 Å². The fourth-order valence-electron chi connectivity index (χ4n) is 0.994. The Bertz CT molecular complexity index is 259. The van der Waals surface area contributed by atoms with Gasteiger partial charge >= 0.3 is 0 Å². The van der Waals surface area contributed by atoms with Crippen molar-refractivity contribution in [2.45, 2.75) is 26.2 Å². The van der Waals surface area contributed by atoms with Gasteiger partial charge in [-0.3, -0.25) is 0 Å². The van der Waals surface area contributed by atoms with E-state index >= 15 is 0 Å². The Kier molecular flexibility index (Phi) is 2.85. The molecule has 0 atom stereocenters. The maximum Gasteiger partial charge on any atom is 0.221 e. The zero-order chi connectivity index (χ0) is 8.97. The van der Waals surface area contributed by atoms with Crippen LogP contribution in [-0.2, 0) is 6.42 Å². The highest BCUT2D eigenvalue weighted by Crippen LogP contribution is 2.11. The Morgan fingerprint density at radius 3 is 2.75 bits per heavy atom. The smallest absolute Gasteiger partial charge is 0.221 e. The third kappa shape index (κ3) is 2.08. The zero-order valence-corrected chi connectivity index (χ0v) is 7.25. The van der Waals surface area contributed by atoms with Gasteiger partial charge in [-0.25, -0.2) is 4.98 Å². The average molecular weight is 166 g/mol. The molecule has 0 amide bonds. The van der Waals surface area contributed by atoms with Gasteiger partial charge in [0.2, 0.25) is 5.95 Å². The Balaban J connectivity index is 2.72. The molecule has 0 saturated heterocycles. The van der Waals surface area contributed by atoms with Crippen molar-refractivity contribution in [1.29, 1.82) is 0 Å². The van der Waals surface area contributed by atoms with Crippen molar-refractivity contribution in [3.05, 3.63) is 11.8 Å². The van der Waals surface area contributed by atoms with Gasteiger partial charge in [0.15, 0.2) is 0 Å². The number of nitrogens with zero attached hydrogens (tertiary/aromatic N) is 2. The van der Waals surface area contributed by atoms with Crippen molar-refractivity contribution in [3.63, 3.8) is 0 Å². The van der Waals surface area contributed by atoms with E-state index in [2.05, 4.69) is 16.9 Å². The molecule has 0 aliphatic rings. The number of unbranched alkanes of at least 4 members (excludes halogenated alkanes) is 1. The molecule has 4 heteroatoms. The van der Waals surface area contributed by atoms with Crippen LogP contribution in [0.4, 0.5) is 11.8 Å². The van der Waals surface area contributed by atoms with Gasteiger partial charge in [-0.2, -0.15) is 4.98 Å². The summed E-state index contributed by atoms with van der Waals surface area (Å²) in [5, 5.41) is 0. The van der Waals surface area contributed by atoms with Crippen LogP contribution < -0.4 is 11.5 Å². The van der Waals surface area contributed by atoms with Crippen molar-refractivity contribution in [1.82, 2.24) is 9.97 Å². The first-order chi connectivity index (χ1) is 5.74. The Morgan fingerprint density at radius 2 is 2.17 bits per heavy atom. The molecule has 66 valence electrons. The van der Waals surface area contributed by atoms with E-state index < -0.39 is 0 Å². The van der Waals surface area contributed by atoms with Crippen LogP contribution in [-0.4, -0.2) is 9.97 Å². The van der Waals surface area contributed by atoms with Crippen molar-refractivity contribution in [3.8, 4) is 0 Å². The number of nitrogen functional groups attached to an aromatic ring is 2. The molecule has 0 saturated carbocycles. The van der Waals surface area contributed by atoms with Gasteiger partial charge < -0.3 is 11.5 Å². The molecule has 4 nitrogen and oxygen atoms in total. The first kappa shape index (κ1) is 8.77. The molecular formula is C8H14N4. The zero-order valence-electron chi connectivity index (χ0n) is 7.25. The predicted molar refractivity (Wildman–Crippen MR) is 49.5 cm³/mol. The average Bonchev–Trinajstić information content (AvgIpc) is 2.03. The maximum absolute atomic E-state index is 5.63. The fourth-order valence-corrected chi connectivity index (χ4v) is 0.994. The van der Waals surface area contributed by atoms with Gasteiger partial charge in [0, 0.05) is 11.8 Å². The van der Waals surface area contributed by atoms with Gasteiger partial charge in [-0.15, -0.1) is 0 Å². The molecular weight excluding hydrogens is 152 g/mol. The first-order valence-corrected chi connectivity index (χ1v) is 4.11. The predicted octanol–water partition coefficient (Wildman–Crippen LogP) is 0.984. The maximum atomic E-state index is 5.63. The second-order valence-electron chi connectivity index (χ2n) is 2.74. The number of aromatic nitrogens is 2. The minimum Gasteiger partial charge on any atom is -0.383 e. The Hall–Kier alpha value is -1.32. The molecule has 0 fully saturated rings. The highest BCUT2D eigenvalue weighted by atomic mass is 15.0. The van der Waals surface area contributed by atoms with Crippen molar-refractivity contribution < 1.29 is 0 Å². The summed E-state index contributed by atoms with van der Waals surface area (Å²) in [6.45, 7) is 2.13. The molecule has 0 bridgehead atoms. The lowest BCUT2D eigenvalue weighted by Crippen LogP contribution is -2.03. The summed E-state index contributed by atoms with van der Waals surface area (Å²) in [4.78, 5) is 7.75. The lowest BCUT2D eigenvalue weighted by Gasteiger charge is -2.02. The van der Waals surface area contributed by atoms with Gasteiger partial charge in [0.05, 0.1) is 0 Å². The molecule has 0 aromatic carbocycles. The van der Waals surface area contributed by atoms with Crippen molar-refractivity contribution in [2.24, 2.45) is 0 Å². The first-order valence-electron chi connectivity index (χ1n) is 4.11. The molecule has 12 heavy (non-hydrogen) atoms. The number of rotatable bonds is 3. The summed E-state index contributed by atoms with van der Waals surface area (Å²) in [7, 11) is 0. The van der Waals surface area contributed by atoms with Crippen LogP contribution in [0.25, 0.3) is 0 Å². The molecule has 0 aliphatic heterocycles. The van der Waals surface area contributed by atoms with Crippen LogP contribution in [0, 0.1) is 0 Å². The highest BCUT2D eigenvalue weighted by molar-refractivity contribution is 5.41. The molecule has 0 aliphatic carbocycles. The molecule has 0 unspecified atom stereocenters. The monoisotopic (exact) mass is 166 g/mol. The van der Waals surface area contributed by atoms with Gasteiger partial charge in [-0.1, -0.05) is 13.3 Å². The van der Waals surface area contributed by atoms with Crippen LogP contribution in [0.2, 0.25) is 0 Å². The highest BCUT2D eigenvalue weighted by Gasteiger charge is 2.00. The van der Waals surface area contributed by atoms with E-state index in [-0.39, 0.29) is 5.95 Å². The molecule has 1 heterocycles. The molecule has 0 radical (unpaired) electrons. The van der Waals surface area contributed by atoms with Crippen LogP contribution in [0.5, 0.6) is 0 Å².